The van der Waals surface area contributed by atoms with Gasteiger partial charge in [0.05, 0.1) is 18.1 Å². The summed E-state index contributed by atoms with van der Waals surface area (Å²) in [7, 11) is 0. The Morgan fingerprint density at radius 2 is 2.19 bits per heavy atom. The average Bonchev–Trinajstić information content (AvgIpc) is 2.91. The normalized spacial score (nSPS) is 10.4. The SMILES string of the molecule is CCOCn1cc(NC(=O)COc2ccccc2C)cn1. The molecule has 6 heteroatoms. The van der Waals surface area contributed by atoms with Crippen molar-refractivity contribution in [1.29, 1.82) is 0 Å². The first-order valence-corrected chi connectivity index (χ1v) is 6.77. The summed E-state index contributed by atoms with van der Waals surface area (Å²) in [4.78, 5) is 11.8. The van der Waals surface area contributed by atoms with Crippen LogP contribution in [0.4, 0.5) is 5.69 Å². The summed E-state index contributed by atoms with van der Waals surface area (Å²) < 4.78 is 12.3. The van der Waals surface area contributed by atoms with Crippen molar-refractivity contribution in [1.82, 2.24) is 9.78 Å². The zero-order chi connectivity index (χ0) is 15.1. The van der Waals surface area contributed by atoms with E-state index in [9.17, 15) is 4.79 Å². The van der Waals surface area contributed by atoms with Gasteiger partial charge < -0.3 is 14.8 Å². The Morgan fingerprint density at radius 3 is 2.95 bits per heavy atom. The van der Waals surface area contributed by atoms with Gasteiger partial charge in [0.1, 0.15) is 12.5 Å². The highest BCUT2D eigenvalue weighted by Gasteiger charge is 2.06. The van der Waals surface area contributed by atoms with Crippen LogP contribution in [0.3, 0.4) is 0 Å². The van der Waals surface area contributed by atoms with E-state index in [1.807, 2.05) is 38.1 Å². The lowest BCUT2D eigenvalue weighted by atomic mass is 10.2. The van der Waals surface area contributed by atoms with Crippen molar-refractivity contribution < 1.29 is 14.3 Å². The van der Waals surface area contributed by atoms with Gasteiger partial charge in [-0.15, -0.1) is 0 Å². The predicted molar refractivity (Wildman–Crippen MR) is 79.2 cm³/mol. The molecule has 2 aromatic rings. The monoisotopic (exact) mass is 289 g/mol. The molecule has 0 radical (unpaired) electrons. The van der Waals surface area contributed by atoms with Crippen molar-refractivity contribution in [3.05, 3.63) is 42.2 Å². The Morgan fingerprint density at radius 1 is 1.38 bits per heavy atom. The van der Waals surface area contributed by atoms with Gasteiger partial charge in [-0.1, -0.05) is 18.2 Å². The van der Waals surface area contributed by atoms with Crippen LogP contribution < -0.4 is 10.1 Å². The van der Waals surface area contributed by atoms with E-state index in [4.69, 9.17) is 9.47 Å². The topological polar surface area (TPSA) is 65.4 Å². The second-order valence-corrected chi connectivity index (χ2v) is 4.49. The number of aromatic nitrogens is 2. The lowest BCUT2D eigenvalue weighted by Gasteiger charge is -2.08. The molecule has 112 valence electrons. The minimum atomic E-state index is -0.228. The van der Waals surface area contributed by atoms with Crippen LogP contribution in [0.15, 0.2) is 36.7 Å². The zero-order valence-electron chi connectivity index (χ0n) is 12.2. The third-order valence-corrected chi connectivity index (χ3v) is 2.80. The van der Waals surface area contributed by atoms with Gasteiger partial charge in [-0.25, -0.2) is 4.68 Å². The minimum absolute atomic E-state index is 0.0402. The average molecular weight is 289 g/mol. The summed E-state index contributed by atoms with van der Waals surface area (Å²) in [5.41, 5.74) is 1.61. The second-order valence-electron chi connectivity index (χ2n) is 4.49. The maximum absolute atomic E-state index is 11.8. The molecular weight excluding hydrogens is 270 g/mol. The summed E-state index contributed by atoms with van der Waals surface area (Å²) in [5.74, 6) is 0.480. The van der Waals surface area contributed by atoms with Gasteiger partial charge >= 0.3 is 0 Å². The summed E-state index contributed by atoms with van der Waals surface area (Å²) in [5, 5.41) is 6.80. The van der Waals surface area contributed by atoms with E-state index >= 15 is 0 Å². The Bertz CT molecular complexity index is 595. The van der Waals surface area contributed by atoms with Gasteiger partial charge in [-0.3, -0.25) is 4.79 Å². The van der Waals surface area contributed by atoms with E-state index in [0.717, 1.165) is 5.56 Å². The highest BCUT2D eigenvalue weighted by Crippen LogP contribution is 2.16. The van der Waals surface area contributed by atoms with Crippen molar-refractivity contribution in [3.63, 3.8) is 0 Å². The minimum Gasteiger partial charge on any atom is -0.483 e. The number of rotatable bonds is 7. The van der Waals surface area contributed by atoms with E-state index < -0.39 is 0 Å². The summed E-state index contributed by atoms with van der Waals surface area (Å²) in [6.07, 6.45) is 3.28. The number of para-hydroxylation sites is 1. The van der Waals surface area contributed by atoms with Crippen molar-refractivity contribution >= 4 is 11.6 Å². The lowest BCUT2D eigenvalue weighted by Crippen LogP contribution is -2.20. The van der Waals surface area contributed by atoms with Crippen LogP contribution in [0.2, 0.25) is 0 Å². The number of amides is 1. The molecule has 0 unspecified atom stereocenters. The van der Waals surface area contributed by atoms with Gasteiger partial charge in [-0.2, -0.15) is 5.10 Å². The number of nitrogens with one attached hydrogen (secondary N) is 1. The molecule has 1 heterocycles. The third-order valence-electron chi connectivity index (χ3n) is 2.80. The van der Waals surface area contributed by atoms with Gasteiger partial charge in [0.15, 0.2) is 6.61 Å². The van der Waals surface area contributed by atoms with Crippen LogP contribution in [0.25, 0.3) is 0 Å². The Labute approximate surface area is 123 Å². The van der Waals surface area contributed by atoms with Crippen LogP contribution in [-0.4, -0.2) is 28.9 Å². The molecule has 2 rings (SSSR count). The summed E-state index contributed by atoms with van der Waals surface area (Å²) in [6, 6.07) is 7.57. The molecule has 1 amide bonds. The molecule has 0 spiro atoms. The van der Waals surface area contributed by atoms with Gasteiger partial charge in [0.2, 0.25) is 0 Å². The predicted octanol–water partition coefficient (Wildman–Crippen LogP) is 2.20. The first-order valence-electron chi connectivity index (χ1n) is 6.77. The number of nitrogens with zero attached hydrogens (tertiary/aromatic N) is 2. The fourth-order valence-electron chi connectivity index (χ4n) is 1.74. The van der Waals surface area contributed by atoms with Crippen molar-refractivity contribution in [3.8, 4) is 5.75 Å². The maximum Gasteiger partial charge on any atom is 0.262 e. The number of carbonyl (C=O) groups excluding carboxylic acids is 1. The molecule has 0 aliphatic heterocycles. The zero-order valence-corrected chi connectivity index (χ0v) is 12.2. The summed E-state index contributed by atoms with van der Waals surface area (Å²) in [6.45, 7) is 4.79. The molecule has 0 aliphatic carbocycles. The highest BCUT2D eigenvalue weighted by atomic mass is 16.5. The molecule has 0 aliphatic rings. The van der Waals surface area contributed by atoms with E-state index in [1.54, 1.807) is 17.1 Å². The Hall–Kier alpha value is -2.34. The number of ether oxygens (including phenoxy) is 2. The molecular formula is C15H19N3O3. The maximum atomic E-state index is 11.8. The molecule has 0 atom stereocenters. The van der Waals surface area contributed by atoms with Crippen LogP contribution >= 0.6 is 0 Å². The molecule has 1 N–H and O–H groups in total. The van der Waals surface area contributed by atoms with Crippen molar-refractivity contribution in [2.45, 2.75) is 20.6 Å². The fourth-order valence-corrected chi connectivity index (χ4v) is 1.74. The molecule has 0 bridgehead atoms. The second kappa shape index (κ2) is 7.44. The van der Waals surface area contributed by atoms with Crippen LogP contribution in [0, 0.1) is 6.92 Å². The third kappa shape index (κ3) is 4.61. The molecule has 0 saturated heterocycles. The van der Waals surface area contributed by atoms with E-state index in [-0.39, 0.29) is 12.5 Å². The van der Waals surface area contributed by atoms with Crippen molar-refractivity contribution in [2.24, 2.45) is 0 Å². The van der Waals surface area contributed by atoms with Gasteiger partial charge in [0, 0.05) is 6.61 Å². The number of anilines is 1. The fraction of sp³-hybridized carbons (Fsp3) is 0.333. The van der Waals surface area contributed by atoms with Crippen LogP contribution in [-0.2, 0) is 16.3 Å². The Kier molecular flexibility index (Phi) is 5.34. The molecule has 0 saturated carbocycles. The quantitative estimate of drug-likeness (QED) is 0.848. The highest BCUT2D eigenvalue weighted by molar-refractivity contribution is 5.91. The number of benzene rings is 1. The Balaban J connectivity index is 1.82. The lowest BCUT2D eigenvalue weighted by molar-refractivity contribution is -0.118. The molecule has 1 aromatic carbocycles. The van der Waals surface area contributed by atoms with Crippen molar-refractivity contribution in [2.75, 3.05) is 18.5 Å². The van der Waals surface area contributed by atoms with E-state index in [0.29, 0.717) is 24.8 Å². The molecule has 21 heavy (non-hydrogen) atoms. The first kappa shape index (κ1) is 15.1. The van der Waals surface area contributed by atoms with Gasteiger partial charge in [0.25, 0.3) is 5.91 Å². The van der Waals surface area contributed by atoms with Crippen LogP contribution in [0.5, 0.6) is 5.75 Å². The number of aryl methyl sites for hydroxylation is 1. The molecule has 1 aromatic heterocycles. The van der Waals surface area contributed by atoms with Gasteiger partial charge in [-0.05, 0) is 25.5 Å². The first-order chi connectivity index (χ1) is 10.2. The summed E-state index contributed by atoms with van der Waals surface area (Å²) >= 11 is 0. The number of carbonyl (C=O) groups is 1. The van der Waals surface area contributed by atoms with E-state index in [1.165, 1.54) is 0 Å². The smallest absolute Gasteiger partial charge is 0.262 e. The number of hydrogen-bond donors (Lipinski definition) is 1. The largest absolute Gasteiger partial charge is 0.483 e. The molecule has 0 fully saturated rings. The standard InChI is InChI=1S/C15H19N3O3/c1-3-20-11-18-9-13(8-16-18)17-15(19)10-21-14-7-5-4-6-12(14)2/h4-9H,3,10-11H2,1-2H3,(H,17,19). The number of hydrogen-bond acceptors (Lipinski definition) is 4. The molecule has 6 nitrogen and oxygen atoms in total. The van der Waals surface area contributed by atoms with E-state index in [2.05, 4.69) is 10.4 Å². The van der Waals surface area contributed by atoms with Crippen LogP contribution in [0.1, 0.15) is 12.5 Å².